The van der Waals surface area contributed by atoms with Crippen molar-refractivity contribution < 1.29 is 28.7 Å². The Bertz CT molecular complexity index is 1770. The first-order valence-electron chi connectivity index (χ1n) is 15.4. The zero-order valence-corrected chi connectivity index (χ0v) is 24.6. The third-order valence-electron chi connectivity index (χ3n) is 9.68. The maximum absolute atomic E-state index is 14.0. The Balaban J connectivity index is 1.01. The zero-order valence-electron chi connectivity index (χ0n) is 24.6. The summed E-state index contributed by atoms with van der Waals surface area (Å²) in [6.45, 7) is 2.52. The Kier molecular flexibility index (Phi) is 6.34. The van der Waals surface area contributed by atoms with E-state index >= 15 is 0 Å². The summed E-state index contributed by atoms with van der Waals surface area (Å²) in [6, 6.07) is 30.0. The van der Waals surface area contributed by atoms with Crippen molar-refractivity contribution in [2.45, 2.75) is 25.2 Å². The van der Waals surface area contributed by atoms with Gasteiger partial charge in [-0.05, 0) is 65.6 Å². The van der Waals surface area contributed by atoms with Gasteiger partial charge in [-0.25, -0.2) is 4.90 Å². The van der Waals surface area contributed by atoms with Gasteiger partial charge in [-0.15, -0.1) is 0 Å². The molecule has 2 heterocycles. The van der Waals surface area contributed by atoms with E-state index in [2.05, 4.69) is 24.3 Å². The number of benzene rings is 4. The van der Waals surface area contributed by atoms with Crippen molar-refractivity contribution in [3.05, 3.63) is 119 Å². The van der Waals surface area contributed by atoms with Gasteiger partial charge in [0.15, 0.2) is 0 Å². The smallest absolute Gasteiger partial charge is 0.316 e. The predicted molar refractivity (Wildman–Crippen MR) is 166 cm³/mol. The molecule has 4 aromatic carbocycles. The van der Waals surface area contributed by atoms with Gasteiger partial charge in [0.25, 0.3) is 0 Å². The molecule has 224 valence electrons. The van der Waals surface area contributed by atoms with Crippen LogP contribution in [0.4, 0.5) is 11.4 Å². The lowest BCUT2D eigenvalue weighted by Gasteiger charge is -2.45. The van der Waals surface area contributed by atoms with Gasteiger partial charge in [0.2, 0.25) is 17.7 Å². The second-order valence-electron chi connectivity index (χ2n) is 12.0. The fourth-order valence-electron chi connectivity index (χ4n) is 7.85. The largest absolute Gasteiger partial charge is 0.492 e. The Morgan fingerprint density at radius 3 is 1.82 bits per heavy atom. The van der Waals surface area contributed by atoms with Crippen molar-refractivity contribution in [2.75, 3.05) is 23.0 Å². The standard InChI is InChI=1S/C37H30N2O6/c1-2-44-29-14-8-7-13-28(29)38-20-21(19-30(38)40)37(43)45-23-17-15-22(16-18-23)39-35(41)33-31-24-9-3-4-10-25(24)32(34(33)36(39)42)27-12-6-5-11-26(27)31/h3-18,21,31-34H,2,19-20H2,1H3/t21-,31?,32?,33-,34-/m1/s1. The lowest BCUT2D eigenvalue weighted by Crippen LogP contribution is -2.41. The molecule has 0 saturated carbocycles. The van der Waals surface area contributed by atoms with E-state index in [0.29, 0.717) is 23.7 Å². The van der Waals surface area contributed by atoms with Gasteiger partial charge in [0, 0.05) is 24.8 Å². The molecule has 0 unspecified atom stereocenters. The fraction of sp³-hybridized carbons (Fsp3) is 0.243. The molecule has 3 atom stereocenters. The molecule has 3 amide bonds. The van der Waals surface area contributed by atoms with E-state index in [0.717, 1.165) is 22.3 Å². The lowest BCUT2D eigenvalue weighted by molar-refractivity contribution is -0.139. The minimum absolute atomic E-state index is 0.0318. The van der Waals surface area contributed by atoms with Gasteiger partial charge < -0.3 is 14.4 Å². The molecule has 2 saturated heterocycles. The number of anilines is 2. The van der Waals surface area contributed by atoms with Crippen LogP contribution in [0.15, 0.2) is 97.1 Å². The highest BCUT2D eigenvalue weighted by atomic mass is 16.5. The van der Waals surface area contributed by atoms with Crippen molar-refractivity contribution in [2.24, 2.45) is 17.8 Å². The molecule has 4 aromatic rings. The van der Waals surface area contributed by atoms with Gasteiger partial charge >= 0.3 is 5.97 Å². The first kappa shape index (κ1) is 27.3. The molecule has 2 bridgehead atoms. The van der Waals surface area contributed by atoms with Gasteiger partial charge in [-0.1, -0.05) is 60.7 Å². The summed E-state index contributed by atoms with van der Waals surface area (Å²) < 4.78 is 11.3. The van der Waals surface area contributed by atoms with Crippen LogP contribution >= 0.6 is 0 Å². The molecular weight excluding hydrogens is 568 g/mol. The van der Waals surface area contributed by atoms with Crippen LogP contribution in [0.5, 0.6) is 11.5 Å². The van der Waals surface area contributed by atoms with Crippen LogP contribution < -0.4 is 19.3 Å². The monoisotopic (exact) mass is 598 g/mol. The highest BCUT2D eigenvalue weighted by molar-refractivity contribution is 6.23. The number of para-hydroxylation sites is 2. The Labute approximate surface area is 260 Å². The second kappa shape index (κ2) is 10.4. The minimum atomic E-state index is -0.643. The molecule has 45 heavy (non-hydrogen) atoms. The van der Waals surface area contributed by atoms with Crippen LogP contribution in [-0.2, 0) is 19.2 Å². The van der Waals surface area contributed by atoms with E-state index in [1.807, 2.05) is 43.3 Å². The summed E-state index contributed by atoms with van der Waals surface area (Å²) in [5.41, 5.74) is 5.57. The Morgan fingerprint density at radius 1 is 0.733 bits per heavy atom. The zero-order chi connectivity index (χ0) is 30.8. The van der Waals surface area contributed by atoms with Crippen LogP contribution in [0.1, 0.15) is 47.4 Å². The molecule has 8 nitrogen and oxygen atoms in total. The Morgan fingerprint density at radius 2 is 1.27 bits per heavy atom. The molecular formula is C37H30N2O6. The SMILES string of the molecule is CCOc1ccccc1N1C[C@H](C(=O)Oc2ccc(N3C(=O)[C@@H]4C5c6ccccc6C(c6ccccc65)[C@H]4C3=O)cc2)CC1=O. The topological polar surface area (TPSA) is 93.2 Å². The maximum atomic E-state index is 14.0. The minimum Gasteiger partial charge on any atom is -0.492 e. The number of amides is 3. The van der Waals surface area contributed by atoms with Crippen LogP contribution in [0.25, 0.3) is 0 Å². The summed E-state index contributed by atoms with van der Waals surface area (Å²) in [5, 5.41) is 0. The highest BCUT2D eigenvalue weighted by Gasteiger charge is 2.61. The van der Waals surface area contributed by atoms with E-state index in [4.69, 9.17) is 9.47 Å². The number of rotatable bonds is 6. The van der Waals surface area contributed by atoms with E-state index < -0.39 is 23.7 Å². The average molecular weight is 599 g/mol. The highest BCUT2D eigenvalue weighted by Crippen LogP contribution is 2.61. The van der Waals surface area contributed by atoms with Gasteiger partial charge in [0.05, 0.1) is 35.7 Å². The second-order valence-corrected chi connectivity index (χ2v) is 12.0. The molecule has 5 aliphatic rings. The van der Waals surface area contributed by atoms with Gasteiger partial charge in [-0.2, -0.15) is 0 Å². The van der Waals surface area contributed by atoms with Crippen molar-refractivity contribution in [3.63, 3.8) is 0 Å². The first-order valence-corrected chi connectivity index (χ1v) is 15.4. The van der Waals surface area contributed by atoms with E-state index in [1.165, 1.54) is 4.90 Å². The number of carbonyl (C=O) groups excluding carboxylic acids is 4. The number of carbonyl (C=O) groups is 4. The molecule has 2 fully saturated rings. The van der Waals surface area contributed by atoms with Gasteiger partial charge in [0.1, 0.15) is 11.5 Å². The predicted octanol–water partition coefficient (Wildman–Crippen LogP) is 5.44. The number of ether oxygens (including phenoxy) is 2. The number of nitrogens with zero attached hydrogens (tertiary/aromatic N) is 2. The summed E-state index contributed by atoms with van der Waals surface area (Å²) in [4.78, 5) is 56.9. The summed E-state index contributed by atoms with van der Waals surface area (Å²) in [6.07, 6.45) is 0.0318. The molecule has 0 N–H and O–H groups in total. The molecule has 2 aliphatic heterocycles. The van der Waals surface area contributed by atoms with E-state index in [9.17, 15) is 19.2 Å². The van der Waals surface area contributed by atoms with Crippen LogP contribution in [0.3, 0.4) is 0 Å². The van der Waals surface area contributed by atoms with Crippen LogP contribution in [0.2, 0.25) is 0 Å². The molecule has 9 rings (SSSR count). The van der Waals surface area contributed by atoms with Crippen molar-refractivity contribution >= 4 is 35.1 Å². The Hall–Kier alpha value is -5.24. The summed E-state index contributed by atoms with van der Waals surface area (Å²) in [7, 11) is 0. The van der Waals surface area contributed by atoms with Crippen molar-refractivity contribution in [1.82, 2.24) is 0 Å². The van der Waals surface area contributed by atoms with Gasteiger partial charge in [-0.3, -0.25) is 19.2 Å². The average Bonchev–Trinajstić information content (AvgIpc) is 3.58. The maximum Gasteiger partial charge on any atom is 0.316 e. The molecule has 0 aromatic heterocycles. The molecule has 0 radical (unpaired) electrons. The quantitative estimate of drug-likeness (QED) is 0.167. The number of hydrogen-bond acceptors (Lipinski definition) is 6. The summed E-state index contributed by atoms with van der Waals surface area (Å²) in [5.74, 6) is -2.17. The van der Waals surface area contributed by atoms with Crippen molar-refractivity contribution in [1.29, 1.82) is 0 Å². The summed E-state index contributed by atoms with van der Waals surface area (Å²) >= 11 is 0. The normalized spacial score (nSPS) is 24.4. The molecule has 3 aliphatic carbocycles. The van der Waals surface area contributed by atoms with Crippen LogP contribution in [-0.4, -0.2) is 36.8 Å². The fourth-order valence-corrected chi connectivity index (χ4v) is 7.85. The van der Waals surface area contributed by atoms with E-state index in [1.54, 1.807) is 41.3 Å². The first-order chi connectivity index (χ1) is 22.0. The third-order valence-corrected chi connectivity index (χ3v) is 9.68. The van der Waals surface area contributed by atoms with E-state index in [-0.39, 0.29) is 48.3 Å². The molecule has 8 heteroatoms. The number of imide groups is 1. The van der Waals surface area contributed by atoms with Crippen LogP contribution in [0, 0.1) is 17.8 Å². The lowest BCUT2D eigenvalue weighted by atomic mass is 9.55. The number of hydrogen-bond donors (Lipinski definition) is 0. The molecule has 0 spiro atoms. The van der Waals surface area contributed by atoms with Crippen molar-refractivity contribution in [3.8, 4) is 11.5 Å². The third kappa shape index (κ3) is 4.12. The number of esters is 1.